The van der Waals surface area contributed by atoms with Gasteiger partial charge in [0, 0.05) is 12.7 Å². The fourth-order valence-electron chi connectivity index (χ4n) is 1.88. The summed E-state index contributed by atoms with van der Waals surface area (Å²) in [6.45, 7) is 3.10. The van der Waals surface area contributed by atoms with E-state index in [1.54, 1.807) is 12.4 Å². The Balaban J connectivity index is 1.67. The number of rotatable bonds is 4. The highest BCUT2D eigenvalue weighted by Gasteiger charge is 2.13. The maximum Gasteiger partial charge on any atom is 0.241 e. The molecule has 0 spiro atoms. The van der Waals surface area contributed by atoms with E-state index in [-0.39, 0.29) is 12.5 Å². The maximum absolute atomic E-state index is 11.5. The maximum atomic E-state index is 11.5. The summed E-state index contributed by atoms with van der Waals surface area (Å²) in [4.78, 5) is 11.5. The molecule has 2 N–H and O–H groups in total. The zero-order valence-electron chi connectivity index (χ0n) is 9.22. The molecule has 6 heteroatoms. The first-order valence-electron chi connectivity index (χ1n) is 5.66. The molecule has 1 aliphatic heterocycles. The van der Waals surface area contributed by atoms with E-state index in [0.29, 0.717) is 5.92 Å². The van der Waals surface area contributed by atoms with E-state index in [1.165, 1.54) is 17.5 Å². The van der Waals surface area contributed by atoms with E-state index in [1.807, 2.05) is 0 Å². The first-order valence-corrected chi connectivity index (χ1v) is 5.66. The van der Waals surface area contributed by atoms with Crippen LogP contribution in [0.3, 0.4) is 0 Å². The van der Waals surface area contributed by atoms with Crippen molar-refractivity contribution in [2.45, 2.75) is 19.4 Å². The molecule has 1 aromatic rings. The largest absolute Gasteiger partial charge is 0.354 e. The second-order valence-electron chi connectivity index (χ2n) is 4.12. The van der Waals surface area contributed by atoms with E-state index >= 15 is 0 Å². The Labute approximate surface area is 94.4 Å². The zero-order valence-corrected chi connectivity index (χ0v) is 9.22. The van der Waals surface area contributed by atoms with Crippen molar-refractivity contribution in [2.24, 2.45) is 5.92 Å². The second kappa shape index (κ2) is 5.60. The number of nitrogens with one attached hydrogen (secondary N) is 2. The Kier molecular flexibility index (Phi) is 3.87. The van der Waals surface area contributed by atoms with E-state index in [9.17, 15) is 4.79 Å². The monoisotopic (exact) mass is 223 g/mol. The first kappa shape index (κ1) is 11.1. The quantitative estimate of drug-likeness (QED) is 0.714. The SMILES string of the molecule is O=C(Cn1ccnn1)NCC1CCCNC1. The molecule has 2 heterocycles. The van der Waals surface area contributed by atoms with Crippen molar-refractivity contribution in [3.63, 3.8) is 0 Å². The highest BCUT2D eigenvalue weighted by Crippen LogP contribution is 2.07. The summed E-state index contributed by atoms with van der Waals surface area (Å²) in [6, 6.07) is 0. The van der Waals surface area contributed by atoms with Gasteiger partial charge in [-0.25, -0.2) is 4.68 Å². The molecular weight excluding hydrogens is 206 g/mol. The van der Waals surface area contributed by atoms with Gasteiger partial charge in [-0.3, -0.25) is 4.79 Å². The second-order valence-corrected chi connectivity index (χ2v) is 4.12. The average molecular weight is 223 g/mol. The minimum Gasteiger partial charge on any atom is -0.354 e. The van der Waals surface area contributed by atoms with Crippen molar-refractivity contribution >= 4 is 5.91 Å². The summed E-state index contributed by atoms with van der Waals surface area (Å²) in [6.07, 6.45) is 5.64. The predicted molar refractivity (Wildman–Crippen MR) is 58.6 cm³/mol. The molecule has 2 rings (SSSR count). The third-order valence-electron chi connectivity index (χ3n) is 2.76. The van der Waals surface area contributed by atoms with Crippen LogP contribution in [0.25, 0.3) is 0 Å². The van der Waals surface area contributed by atoms with E-state index in [0.717, 1.165) is 19.6 Å². The van der Waals surface area contributed by atoms with Crippen LogP contribution in [0.1, 0.15) is 12.8 Å². The van der Waals surface area contributed by atoms with Gasteiger partial charge in [-0.05, 0) is 31.8 Å². The third kappa shape index (κ3) is 3.30. The topological polar surface area (TPSA) is 71.8 Å². The lowest BCUT2D eigenvalue weighted by molar-refractivity contribution is -0.122. The molecule has 0 aliphatic carbocycles. The van der Waals surface area contributed by atoms with Crippen LogP contribution in [0, 0.1) is 5.92 Å². The minimum atomic E-state index is -0.00364. The van der Waals surface area contributed by atoms with Crippen LogP contribution in [0.4, 0.5) is 0 Å². The van der Waals surface area contributed by atoms with Crippen LogP contribution in [0.5, 0.6) is 0 Å². The molecule has 1 amide bonds. The van der Waals surface area contributed by atoms with Gasteiger partial charge < -0.3 is 10.6 Å². The summed E-state index contributed by atoms with van der Waals surface area (Å²) in [5, 5.41) is 13.6. The minimum absolute atomic E-state index is 0.00364. The van der Waals surface area contributed by atoms with Crippen molar-refractivity contribution < 1.29 is 4.79 Å². The van der Waals surface area contributed by atoms with Gasteiger partial charge in [0.1, 0.15) is 6.54 Å². The van der Waals surface area contributed by atoms with Crippen molar-refractivity contribution in [1.29, 1.82) is 0 Å². The van der Waals surface area contributed by atoms with Gasteiger partial charge in [0.05, 0.1) is 6.20 Å². The van der Waals surface area contributed by atoms with Crippen LogP contribution in [-0.2, 0) is 11.3 Å². The summed E-state index contributed by atoms with van der Waals surface area (Å²) in [5.74, 6) is 0.560. The van der Waals surface area contributed by atoms with Crippen LogP contribution in [-0.4, -0.2) is 40.5 Å². The lowest BCUT2D eigenvalue weighted by Crippen LogP contribution is -2.39. The molecule has 0 aromatic carbocycles. The number of hydrogen-bond acceptors (Lipinski definition) is 4. The van der Waals surface area contributed by atoms with Gasteiger partial charge >= 0.3 is 0 Å². The third-order valence-corrected chi connectivity index (χ3v) is 2.76. The van der Waals surface area contributed by atoms with Crippen LogP contribution < -0.4 is 10.6 Å². The highest BCUT2D eigenvalue weighted by atomic mass is 16.2. The summed E-state index contributed by atoms with van der Waals surface area (Å²) < 4.78 is 1.52. The Morgan fingerprint density at radius 3 is 3.25 bits per heavy atom. The Hall–Kier alpha value is -1.43. The summed E-state index contributed by atoms with van der Waals surface area (Å²) >= 11 is 0. The predicted octanol–water partition coefficient (Wildman–Crippen LogP) is -0.606. The Morgan fingerprint density at radius 1 is 1.62 bits per heavy atom. The van der Waals surface area contributed by atoms with Crippen molar-refractivity contribution in [2.75, 3.05) is 19.6 Å². The molecule has 1 fully saturated rings. The van der Waals surface area contributed by atoms with Gasteiger partial charge in [0.25, 0.3) is 0 Å². The number of piperidine rings is 1. The number of amides is 1. The van der Waals surface area contributed by atoms with E-state index in [4.69, 9.17) is 0 Å². The molecule has 16 heavy (non-hydrogen) atoms. The molecule has 1 atom stereocenters. The van der Waals surface area contributed by atoms with Gasteiger partial charge in [0.15, 0.2) is 0 Å². The van der Waals surface area contributed by atoms with Crippen LogP contribution in [0.2, 0.25) is 0 Å². The fraction of sp³-hybridized carbons (Fsp3) is 0.700. The van der Waals surface area contributed by atoms with E-state index < -0.39 is 0 Å². The molecule has 1 aromatic heterocycles. The number of nitrogens with zero attached hydrogens (tertiary/aromatic N) is 3. The molecule has 6 nitrogen and oxygen atoms in total. The normalized spacial score (nSPS) is 20.6. The number of carbonyl (C=O) groups is 1. The lowest BCUT2D eigenvalue weighted by Gasteiger charge is -2.22. The van der Waals surface area contributed by atoms with Crippen LogP contribution in [0.15, 0.2) is 12.4 Å². The molecule has 1 saturated heterocycles. The average Bonchev–Trinajstić information content (AvgIpc) is 2.81. The molecule has 0 radical (unpaired) electrons. The molecule has 1 unspecified atom stereocenters. The highest BCUT2D eigenvalue weighted by molar-refractivity contribution is 5.75. The summed E-state index contributed by atoms with van der Waals surface area (Å²) in [5.41, 5.74) is 0. The van der Waals surface area contributed by atoms with Gasteiger partial charge in [-0.15, -0.1) is 5.10 Å². The van der Waals surface area contributed by atoms with Gasteiger partial charge in [0.2, 0.25) is 5.91 Å². The smallest absolute Gasteiger partial charge is 0.241 e. The van der Waals surface area contributed by atoms with Gasteiger partial charge in [-0.1, -0.05) is 5.21 Å². The Morgan fingerprint density at radius 2 is 2.56 bits per heavy atom. The standard InChI is InChI=1S/C10H17N5O/c16-10(8-15-5-4-13-14-15)12-7-9-2-1-3-11-6-9/h4-5,9,11H,1-3,6-8H2,(H,12,16). The molecule has 88 valence electrons. The first-order chi connectivity index (χ1) is 7.84. The van der Waals surface area contributed by atoms with Crippen LogP contribution >= 0.6 is 0 Å². The summed E-state index contributed by atoms with van der Waals surface area (Å²) in [7, 11) is 0. The van der Waals surface area contributed by atoms with Crippen molar-refractivity contribution in [3.05, 3.63) is 12.4 Å². The van der Waals surface area contributed by atoms with E-state index in [2.05, 4.69) is 20.9 Å². The van der Waals surface area contributed by atoms with Gasteiger partial charge in [-0.2, -0.15) is 0 Å². The zero-order chi connectivity index (χ0) is 11.2. The molecule has 1 aliphatic rings. The number of hydrogen-bond donors (Lipinski definition) is 2. The number of carbonyl (C=O) groups excluding carboxylic acids is 1. The van der Waals surface area contributed by atoms with Crippen molar-refractivity contribution in [1.82, 2.24) is 25.6 Å². The fourth-order valence-corrected chi connectivity index (χ4v) is 1.88. The lowest BCUT2D eigenvalue weighted by atomic mass is 10.00. The van der Waals surface area contributed by atoms with Crippen molar-refractivity contribution in [3.8, 4) is 0 Å². The molecule has 0 bridgehead atoms. The molecule has 0 saturated carbocycles. The Bertz CT molecular complexity index is 318. The molecular formula is C10H17N5O. The number of aromatic nitrogens is 3.